The number of phenolic OH excluding ortho intramolecular Hbond substituents is 1. The molecule has 0 bridgehead atoms. The van der Waals surface area contributed by atoms with E-state index in [0.29, 0.717) is 22.1 Å². The number of hydrogen-bond donors (Lipinski definition) is 5. The fourth-order valence-corrected chi connectivity index (χ4v) is 7.30. The van der Waals surface area contributed by atoms with Gasteiger partial charge in [0.05, 0.1) is 23.5 Å². The molecule has 1 atom stereocenters. The molecular weight excluding hydrogens is 657 g/mol. The van der Waals surface area contributed by atoms with Crippen molar-refractivity contribution >= 4 is 78.3 Å². The SMILES string of the molecule is Cn1nc(C2CCC(=O)NC2=O)c2ccc(Nc3ccc(CC(=O)Nc4ccc5c(F)c(N6CC(=O)NS6(=O)=O)c(O)cc5c4)cc3)cc21. The van der Waals surface area contributed by atoms with Gasteiger partial charge in [0.2, 0.25) is 17.7 Å². The van der Waals surface area contributed by atoms with Gasteiger partial charge in [0.25, 0.3) is 5.91 Å². The van der Waals surface area contributed by atoms with Gasteiger partial charge in [0.1, 0.15) is 18.0 Å². The molecule has 2 aliphatic rings. The number of carbonyl (C=O) groups excluding carboxylic acids is 4. The zero-order chi connectivity index (χ0) is 34.6. The lowest BCUT2D eigenvalue weighted by atomic mass is 9.93. The Hall–Kier alpha value is -6.03. The standard InChI is InChI=1S/C33H28FN7O7S/c1-40-25-15-21(7-9-23(25)31(38-40)24-10-11-27(43)37-33(24)46)35-19-4-2-17(3-5-19)12-28(44)36-20-6-8-22-18(13-20)14-26(42)32(30(22)34)41-16-29(45)39-49(41,47)48/h2-9,13-15,24,35,42H,10-12,16H2,1H3,(H,36,44)(H,39,45)(H,37,43,46). The van der Waals surface area contributed by atoms with Gasteiger partial charge in [-0.1, -0.05) is 12.1 Å². The highest BCUT2D eigenvalue weighted by Gasteiger charge is 2.38. The monoisotopic (exact) mass is 685 g/mol. The fraction of sp³-hybridized carbons (Fsp3) is 0.182. The second-order valence-corrected chi connectivity index (χ2v) is 13.4. The van der Waals surface area contributed by atoms with Crippen LogP contribution in [0.1, 0.15) is 30.0 Å². The van der Waals surface area contributed by atoms with Crippen molar-refractivity contribution in [1.29, 1.82) is 0 Å². The summed E-state index contributed by atoms with van der Waals surface area (Å²) in [5.41, 5.74) is 3.42. The normalized spacial score (nSPS) is 17.3. The first-order valence-electron chi connectivity index (χ1n) is 15.1. The Balaban J connectivity index is 1.01. The molecule has 0 radical (unpaired) electrons. The molecule has 0 aliphatic carbocycles. The first-order valence-corrected chi connectivity index (χ1v) is 16.5. The van der Waals surface area contributed by atoms with Crippen LogP contribution in [0.15, 0.2) is 66.7 Å². The molecule has 14 nitrogen and oxygen atoms in total. The molecule has 3 heterocycles. The number of aromatic nitrogens is 2. The summed E-state index contributed by atoms with van der Waals surface area (Å²) in [6, 6.07) is 18.3. The summed E-state index contributed by atoms with van der Waals surface area (Å²) in [5.74, 6) is -4.02. The number of imide groups is 1. The molecule has 0 saturated carbocycles. The van der Waals surface area contributed by atoms with E-state index in [1.165, 1.54) is 18.2 Å². The number of nitrogens with one attached hydrogen (secondary N) is 4. The van der Waals surface area contributed by atoms with Gasteiger partial charge in [-0.3, -0.25) is 29.2 Å². The van der Waals surface area contributed by atoms with Crippen LogP contribution in [0.5, 0.6) is 5.75 Å². The van der Waals surface area contributed by atoms with Crippen molar-refractivity contribution in [2.45, 2.75) is 25.2 Å². The molecule has 16 heteroatoms. The van der Waals surface area contributed by atoms with Gasteiger partial charge < -0.3 is 15.7 Å². The third kappa shape index (κ3) is 5.97. The number of aryl methyl sites for hydroxylation is 1. The number of phenols is 1. The van der Waals surface area contributed by atoms with E-state index in [0.717, 1.165) is 33.9 Å². The Morgan fingerprint density at radius 1 is 0.980 bits per heavy atom. The third-order valence-electron chi connectivity index (χ3n) is 8.44. The number of anilines is 4. The second-order valence-electron chi connectivity index (χ2n) is 11.8. The lowest BCUT2D eigenvalue weighted by Gasteiger charge is -2.19. The Labute approximate surface area is 278 Å². The molecule has 0 spiro atoms. The number of fused-ring (bicyclic) bond motifs is 2. The largest absolute Gasteiger partial charge is 0.506 e. The Morgan fingerprint density at radius 2 is 1.69 bits per heavy atom. The number of halogens is 1. The average Bonchev–Trinajstić information content (AvgIpc) is 3.50. The van der Waals surface area contributed by atoms with Crippen LogP contribution < -0.4 is 25.0 Å². The molecule has 1 aromatic heterocycles. The van der Waals surface area contributed by atoms with Crippen LogP contribution in [0.25, 0.3) is 21.7 Å². The predicted molar refractivity (Wildman–Crippen MR) is 178 cm³/mol. The number of carbonyl (C=O) groups is 4. The molecule has 5 aromatic rings. The molecule has 49 heavy (non-hydrogen) atoms. The number of amides is 4. The van der Waals surface area contributed by atoms with E-state index in [1.807, 2.05) is 30.3 Å². The molecule has 5 N–H and O–H groups in total. The Bertz CT molecular complexity index is 2340. The highest BCUT2D eigenvalue weighted by atomic mass is 32.2. The summed E-state index contributed by atoms with van der Waals surface area (Å²) in [7, 11) is -2.55. The smallest absolute Gasteiger partial charge is 0.326 e. The van der Waals surface area contributed by atoms with E-state index < -0.39 is 45.8 Å². The quantitative estimate of drug-likeness (QED) is 0.160. The van der Waals surface area contributed by atoms with Crippen LogP contribution in [-0.4, -0.2) is 53.5 Å². The van der Waals surface area contributed by atoms with Gasteiger partial charge >= 0.3 is 10.2 Å². The number of rotatable bonds is 7. The maximum Gasteiger partial charge on any atom is 0.326 e. The van der Waals surface area contributed by atoms with Gasteiger partial charge in [0, 0.05) is 41.3 Å². The van der Waals surface area contributed by atoms with Gasteiger partial charge in [-0.15, -0.1) is 0 Å². The highest BCUT2D eigenvalue weighted by molar-refractivity contribution is 7.92. The lowest BCUT2D eigenvalue weighted by Crippen LogP contribution is -2.39. The highest BCUT2D eigenvalue weighted by Crippen LogP contribution is 2.39. The van der Waals surface area contributed by atoms with E-state index in [-0.39, 0.29) is 41.3 Å². The Morgan fingerprint density at radius 3 is 2.41 bits per heavy atom. The molecule has 7 rings (SSSR count). The van der Waals surface area contributed by atoms with Crippen LogP contribution in [0.3, 0.4) is 0 Å². The van der Waals surface area contributed by atoms with Gasteiger partial charge in [-0.25, -0.2) is 13.4 Å². The first kappa shape index (κ1) is 31.6. The number of nitrogens with zero attached hydrogens (tertiary/aromatic N) is 3. The summed E-state index contributed by atoms with van der Waals surface area (Å²) in [5, 5.41) is 24.5. The molecule has 4 aromatic carbocycles. The van der Waals surface area contributed by atoms with Crippen LogP contribution in [0.4, 0.5) is 27.1 Å². The summed E-state index contributed by atoms with van der Waals surface area (Å²) in [6.45, 7) is -0.667. The van der Waals surface area contributed by atoms with Crippen molar-refractivity contribution in [3.05, 3.63) is 83.8 Å². The van der Waals surface area contributed by atoms with Crippen molar-refractivity contribution in [2.24, 2.45) is 7.05 Å². The maximum atomic E-state index is 15.4. The first-order chi connectivity index (χ1) is 23.4. The Kier molecular flexibility index (Phi) is 7.66. The molecule has 250 valence electrons. The molecule has 1 unspecified atom stereocenters. The summed E-state index contributed by atoms with van der Waals surface area (Å²) in [4.78, 5) is 48.5. The van der Waals surface area contributed by atoms with Crippen LogP contribution >= 0.6 is 0 Å². The van der Waals surface area contributed by atoms with Gasteiger partial charge in [0.15, 0.2) is 5.82 Å². The number of aromatic hydroxyl groups is 1. The average molecular weight is 686 g/mol. The minimum Gasteiger partial charge on any atom is -0.506 e. The molecule has 2 aliphatic heterocycles. The topological polar surface area (TPSA) is 192 Å². The number of hydrogen-bond acceptors (Lipinski definition) is 9. The zero-order valence-electron chi connectivity index (χ0n) is 25.8. The molecule has 2 saturated heterocycles. The lowest BCUT2D eigenvalue weighted by molar-refractivity contribution is -0.134. The molecule has 4 amide bonds. The number of benzene rings is 4. The summed E-state index contributed by atoms with van der Waals surface area (Å²) >= 11 is 0. The van der Waals surface area contributed by atoms with E-state index >= 15 is 4.39 Å². The van der Waals surface area contributed by atoms with Crippen molar-refractivity contribution < 1.29 is 37.1 Å². The number of piperidine rings is 1. The molecular formula is C33H28FN7O7S. The molecule has 2 fully saturated rings. The van der Waals surface area contributed by atoms with Crippen molar-refractivity contribution in [3.8, 4) is 5.75 Å². The van der Waals surface area contributed by atoms with Crippen molar-refractivity contribution in [1.82, 2.24) is 19.8 Å². The minimum atomic E-state index is -4.34. The fourth-order valence-electron chi connectivity index (χ4n) is 6.14. The predicted octanol–water partition coefficient (Wildman–Crippen LogP) is 3.20. The minimum absolute atomic E-state index is 0.0132. The van der Waals surface area contributed by atoms with E-state index in [9.17, 15) is 32.7 Å². The second kappa shape index (κ2) is 11.9. The summed E-state index contributed by atoms with van der Waals surface area (Å²) in [6.07, 6.45) is 0.712. The van der Waals surface area contributed by atoms with Crippen molar-refractivity contribution in [2.75, 3.05) is 21.5 Å². The van der Waals surface area contributed by atoms with E-state index in [1.54, 1.807) is 28.6 Å². The maximum absolute atomic E-state index is 15.4. The van der Waals surface area contributed by atoms with Crippen LogP contribution in [-0.2, 0) is 42.9 Å². The van der Waals surface area contributed by atoms with Crippen LogP contribution in [0.2, 0.25) is 0 Å². The zero-order valence-corrected chi connectivity index (χ0v) is 26.6. The van der Waals surface area contributed by atoms with E-state index in [2.05, 4.69) is 21.0 Å². The van der Waals surface area contributed by atoms with Crippen LogP contribution in [0, 0.1) is 5.82 Å². The van der Waals surface area contributed by atoms with Crippen molar-refractivity contribution in [3.63, 3.8) is 0 Å². The van der Waals surface area contributed by atoms with Gasteiger partial charge in [-0.2, -0.15) is 13.5 Å². The summed E-state index contributed by atoms with van der Waals surface area (Å²) < 4.78 is 43.7. The van der Waals surface area contributed by atoms with E-state index in [4.69, 9.17) is 0 Å². The van der Waals surface area contributed by atoms with Gasteiger partial charge in [-0.05, 0) is 72.0 Å². The third-order valence-corrected chi connectivity index (χ3v) is 9.82.